The fourth-order valence-corrected chi connectivity index (χ4v) is 1.48. The van der Waals surface area contributed by atoms with Crippen molar-refractivity contribution in [3.63, 3.8) is 0 Å². The maximum Gasteiger partial charge on any atom is 0.124 e. The maximum absolute atomic E-state index is 5.67. The quantitative estimate of drug-likeness (QED) is 0.718. The Bertz CT molecular complexity index is 288. The topological polar surface area (TPSA) is 55.9 Å². The SMILES string of the molecule is Cn1c(N)cnc1CNC1CCC1. The second-order valence-electron chi connectivity index (χ2n) is 3.67. The molecule has 0 bridgehead atoms. The van der Waals surface area contributed by atoms with Crippen LogP contribution >= 0.6 is 0 Å². The highest BCUT2D eigenvalue weighted by Crippen LogP contribution is 2.18. The van der Waals surface area contributed by atoms with E-state index < -0.39 is 0 Å². The zero-order valence-corrected chi connectivity index (χ0v) is 7.95. The number of anilines is 1. The summed E-state index contributed by atoms with van der Waals surface area (Å²) in [5.74, 6) is 1.75. The first-order valence-corrected chi connectivity index (χ1v) is 4.77. The largest absolute Gasteiger partial charge is 0.384 e. The third-order valence-corrected chi connectivity index (χ3v) is 2.77. The van der Waals surface area contributed by atoms with Crippen LogP contribution in [0.1, 0.15) is 25.1 Å². The van der Waals surface area contributed by atoms with Crippen molar-refractivity contribution in [2.45, 2.75) is 31.8 Å². The van der Waals surface area contributed by atoms with Crippen LogP contribution in [-0.2, 0) is 13.6 Å². The van der Waals surface area contributed by atoms with Crippen molar-refractivity contribution >= 4 is 5.82 Å². The Hall–Kier alpha value is -1.03. The second kappa shape index (κ2) is 3.38. The predicted octanol–water partition coefficient (Wildman–Crippen LogP) is 0.644. The van der Waals surface area contributed by atoms with Crippen molar-refractivity contribution < 1.29 is 0 Å². The van der Waals surface area contributed by atoms with Crippen LogP contribution in [0.25, 0.3) is 0 Å². The van der Waals surface area contributed by atoms with Gasteiger partial charge >= 0.3 is 0 Å². The van der Waals surface area contributed by atoms with Crippen LogP contribution < -0.4 is 11.1 Å². The van der Waals surface area contributed by atoms with Gasteiger partial charge in [-0.2, -0.15) is 0 Å². The number of nitrogens with zero attached hydrogens (tertiary/aromatic N) is 2. The van der Waals surface area contributed by atoms with Crippen LogP contribution in [0.3, 0.4) is 0 Å². The molecule has 1 aromatic heterocycles. The fraction of sp³-hybridized carbons (Fsp3) is 0.667. The molecule has 0 saturated heterocycles. The summed E-state index contributed by atoms with van der Waals surface area (Å²) in [6.45, 7) is 0.832. The molecule has 1 aromatic rings. The molecule has 4 heteroatoms. The molecule has 1 saturated carbocycles. The molecule has 4 nitrogen and oxygen atoms in total. The normalized spacial score (nSPS) is 17.3. The van der Waals surface area contributed by atoms with Gasteiger partial charge in [0.1, 0.15) is 11.6 Å². The van der Waals surface area contributed by atoms with Gasteiger partial charge in [-0.25, -0.2) is 4.98 Å². The van der Waals surface area contributed by atoms with E-state index in [2.05, 4.69) is 10.3 Å². The molecule has 0 spiro atoms. The van der Waals surface area contributed by atoms with E-state index in [4.69, 9.17) is 5.73 Å². The fourth-order valence-electron chi connectivity index (χ4n) is 1.48. The Morgan fingerprint density at radius 2 is 2.46 bits per heavy atom. The summed E-state index contributed by atoms with van der Waals surface area (Å²) >= 11 is 0. The van der Waals surface area contributed by atoms with E-state index in [0.29, 0.717) is 6.04 Å². The third-order valence-electron chi connectivity index (χ3n) is 2.77. The number of nitrogens with one attached hydrogen (secondary N) is 1. The maximum atomic E-state index is 5.67. The highest BCUT2D eigenvalue weighted by Gasteiger charge is 2.16. The van der Waals surface area contributed by atoms with E-state index in [1.54, 1.807) is 6.20 Å². The summed E-state index contributed by atoms with van der Waals surface area (Å²) in [6.07, 6.45) is 5.68. The number of nitrogens with two attached hydrogens (primary N) is 1. The first-order chi connectivity index (χ1) is 6.27. The lowest BCUT2D eigenvalue weighted by atomic mass is 9.93. The minimum absolute atomic E-state index is 0.706. The molecule has 0 amide bonds. The molecular formula is C9H16N4. The van der Waals surface area contributed by atoms with E-state index >= 15 is 0 Å². The molecule has 0 aliphatic heterocycles. The Morgan fingerprint density at radius 1 is 1.69 bits per heavy atom. The molecule has 1 aliphatic rings. The lowest BCUT2D eigenvalue weighted by Crippen LogP contribution is -2.35. The van der Waals surface area contributed by atoms with Crippen LogP contribution in [0.15, 0.2) is 6.20 Å². The predicted molar refractivity (Wildman–Crippen MR) is 52.1 cm³/mol. The van der Waals surface area contributed by atoms with Crippen molar-refractivity contribution in [3.8, 4) is 0 Å². The minimum Gasteiger partial charge on any atom is -0.384 e. The number of aromatic nitrogens is 2. The molecule has 0 atom stereocenters. The standard InChI is InChI=1S/C9H16N4/c1-13-8(10)5-12-9(13)6-11-7-3-2-4-7/h5,7,11H,2-4,6,10H2,1H3. The van der Waals surface area contributed by atoms with Gasteiger partial charge in [0.05, 0.1) is 12.7 Å². The van der Waals surface area contributed by atoms with E-state index in [0.717, 1.165) is 18.2 Å². The molecule has 0 aromatic carbocycles. The van der Waals surface area contributed by atoms with E-state index in [-0.39, 0.29) is 0 Å². The summed E-state index contributed by atoms with van der Waals surface area (Å²) in [6, 6.07) is 0.706. The molecular weight excluding hydrogens is 164 g/mol. The van der Waals surface area contributed by atoms with E-state index in [1.807, 2.05) is 11.6 Å². The first kappa shape index (κ1) is 8.56. The Labute approximate surface area is 78.1 Å². The summed E-state index contributed by atoms with van der Waals surface area (Å²) < 4.78 is 1.92. The summed E-state index contributed by atoms with van der Waals surface area (Å²) in [5.41, 5.74) is 5.67. The lowest BCUT2D eigenvalue weighted by molar-refractivity contribution is 0.334. The van der Waals surface area contributed by atoms with Gasteiger partial charge < -0.3 is 15.6 Å². The molecule has 0 radical (unpaired) electrons. The molecule has 72 valence electrons. The van der Waals surface area contributed by atoms with Crippen LogP contribution in [0, 0.1) is 0 Å². The highest BCUT2D eigenvalue weighted by molar-refractivity contribution is 5.27. The van der Waals surface area contributed by atoms with Crippen LogP contribution in [0.4, 0.5) is 5.82 Å². The van der Waals surface area contributed by atoms with Crippen LogP contribution in [-0.4, -0.2) is 15.6 Å². The molecule has 1 heterocycles. The molecule has 13 heavy (non-hydrogen) atoms. The van der Waals surface area contributed by atoms with Crippen molar-refractivity contribution in [1.82, 2.24) is 14.9 Å². The lowest BCUT2D eigenvalue weighted by Gasteiger charge is -2.26. The molecule has 0 unspecified atom stereocenters. The van der Waals surface area contributed by atoms with Gasteiger partial charge in [-0.05, 0) is 12.8 Å². The number of hydrogen-bond donors (Lipinski definition) is 2. The Balaban J connectivity index is 1.89. The average Bonchev–Trinajstić information content (AvgIpc) is 2.33. The molecule has 1 fully saturated rings. The number of hydrogen-bond acceptors (Lipinski definition) is 3. The van der Waals surface area contributed by atoms with Crippen molar-refractivity contribution in [2.75, 3.05) is 5.73 Å². The monoisotopic (exact) mass is 180 g/mol. The van der Waals surface area contributed by atoms with Gasteiger partial charge in [0, 0.05) is 13.1 Å². The molecule has 3 N–H and O–H groups in total. The zero-order valence-electron chi connectivity index (χ0n) is 7.95. The van der Waals surface area contributed by atoms with Gasteiger partial charge in [0.25, 0.3) is 0 Å². The highest BCUT2D eigenvalue weighted by atomic mass is 15.1. The number of nitrogen functional groups attached to an aromatic ring is 1. The summed E-state index contributed by atoms with van der Waals surface area (Å²) in [4.78, 5) is 4.22. The summed E-state index contributed by atoms with van der Waals surface area (Å²) in [7, 11) is 1.94. The van der Waals surface area contributed by atoms with E-state index in [9.17, 15) is 0 Å². The van der Waals surface area contributed by atoms with E-state index in [1.165, 1.54) is 19.3 Å². The minimum atomic E-state index is 0.706. The van der Waals surface area contributed by atoms with Crippen molar-refractivity contribution in [3.05, 3.63) is 12.0 Å². The molecule has 1 aliphatic carbocycles. The third kappa shape index (κ3) is 1.67. The summed E-state index contributed by atoms with van der Waals surface area (Å²) in [5, 5.41) is 3.45. The van der Waals surface area contributed by atoms with Gasteiger partial charge in [-0.1, -0.05) is 6.42 Å². The van der Waals surface area contributed by atoms with Gasteiger partial charge in [-0.3, -0.25) is 0 Å². The van der Waals surface area contributed by atoms with Gasteiger partial charge in [-0.15, -0.1) is 0 Å². The Morgan fingerprint density at radius 3 is 2.92 bits per heavy atom. The van der Waals surface area contributed by atoms with Crippen molar-refractivity contribution in [2.24, 2.45) is 7.05 Å². The molecule has 2 rings (SSSR count). The van der Waals surface area contributed by atoms with Gasteiger partial charge in [0.15, 0.2) is 0 Å². The zero-order chi connectivity index (χ0) is 9.26. The van der Waals surface area contributed by atoms with Crippen LogP contribution in [0.5, 0.6) is 0 Å². The number of imidazole rings is 1. The second-order valence-corrected chi connectivity index (χ2v) is 3.67. The average molecular weight is 180 g/mol. The van der Waals surface area contributed by atoms with Crippen molar-refractivity contribution in [1.29, 1.82) is 0 Å². The number of rotatable bonds is 3. The first-order valence-electron chi connectivity index (χ1n) is 4.77. The smallest absolute Gasteiger partial charge is 0.124 e. The van der Waals surface area contributed by atoms with Crippen LogP contribution in [0.2, 0.25) is 0 Å². The van der Waals surface area contributed by atoms with Gasteiger partial charge in [0.2, 0.25) is 0 Å². The Kier molecular flexibility index (Phi) is 2.22.